The molecule has 3 rings (SSSR count). The minimum atomic E-state index is -0.644. The number of hydrogen-bond donors (Lipinski definition) is 1. The number of Topliss-reactive ketones (excluding diaryl/α,β-unsaturated/α-hetero) is 1. The molecule has 28 heavy (non-hydrogen) atoms. The Kier molecular flexibility index (Phi) is 6.25. The van der Waals surface area contributed by atoms with Crippen LogP contribution < -0.4 is 14.8 Å². The topological polar surface area (TPSA) is 117 Å². The quantitative estimate of drug-likeness (QED) is 0.567. The van der Waals surface area contributed by atoms with Crippen molar-refractivity contribution < 1.29 is 33.1 Å². The highest BCUT2D eigenvalue weighted by molar-refractivity contribution is 5.98. The van der Waals surface area contributed by atoms with Crippen LogP contribution in [0.5, 0.6) is 11.5 Å². The Balaban J connectivity index is 1.43. The lowest BCUT2D eigenvalue weighted by atomic mass is 10.1. The zero-order valence-electron chi connectivity index (χ0n) is 15.4. The molecule has 0 bridgehead atoms. The summed E-state index contributed by atoms with van der Waals surface area (Å²) in [5.74, 6) is 0.483. The fourth-order valence-electron chi connectivity index (χ4n) is 2.52. The first-order chi connectivity index (χ1) is 13.5. The van der Waals surface area contributed by atoms with E-state index in [1.807, 2.05) is 0 Å². The Morgan fingerprint density at radius 2 is 1.89 bits per heavy atom. The second kappa shape index (κ2) is 9.03. The van der Waals surface area contributed by atoms with E-state index in [2.05, 4.69) is 10.5 Å². The maximum atomic E-state index is 12.3. The van der Waals surface area contributed by atoms with Gasteiger partial charge in [-0.05, 0) is 25.1 Å². The molecule has 0 atom stereocenters. The van der Waals surface area contributed by atoms with E-state index < -0.39 is 18.5 Å². The van der Waals surface area contributed by atoms with Crippen molar-refractivity contribution in [3.8, 4) is 11.5 Å². The van der Waals surface area contributed by atoms with Gasteiger partial charge in [-0.1, -0.05) is 5.16 Å². The first-order valence-electron chi connectivity index (χ1n) is 8.83. The molecule has 0 aliphatic carbocycles. The number of benzene rings is 1. The van der Waals surface area contributed by atoms with Gasteiger partial charge in [-0.15, -0.1) is 0 Å². The lowest BCUT2D eigenvalue weighted by Crippen LogP contribution is -2.21. The summed E-state index contributed by atoms with van der Waals surface area (Å²) in [4.78, 5) is 35.8. The normalized spacial score (nSPS) is 12.8. The van der Waals surface area contributed by atoms with Gasteiger partial charge in [-0.3, -0.25) is 14.4 Å². The number of hydrogen-bond acceptors (Lipinski definition) is 8. The van der Waals surface area contributed by atoms with Gasteiger partial charge in [0.2, 0.25) is 0 Å². The molecule has 2 heterocycles. The second-order valence-corrected chi connectivity index (χ2v) is 6.17. The van der Waals surface area contributed by atoms with Crippen molar-refractivity contribution in [2.45, 2.75) is 26.2 Å². The second-order valence-electron chi connectivity index (χ2n) is 6.17. The van der Waals surface area contributed by atoms with Crippen LogP contribution in [0.1, 0.15) is 35.4 Å². The van der Waals surface area contributed by atoms with Gasteiger partial charge in [0.05, 0.1) is 19.6 Å². The number of ketones is 1. The molecule has 1 aliphatic rings. The van der Waals surface area contributed by atoms with Gasteiger partial charge in [-0.2, -0.15) is 0 Å². The van der Waals surface area contributed by atoms with Gasteiger partial charge in [0.25, 0.3) is 5.91 Å². The maximum absolute atomic E-state index is 12.3. The summed E-state index contributed by atoms with van der Waals surface area (Å²) >= 11 is 0. The monoisotopic (exact) mass is 388 g/mol. The molecular weight excluding hydrogens is 368 g/mol. The summed E-state index contributed by atoms with van der Waals surface area (Å²) in [7, 11) is 0. The summed E-state index contributed by atoms with van der Waals surface area (Å²) in [5.41, 5.74) is 0.427. The molecule has 1 aliphatic heterocycles. The van der Waals surface area contributed by atoms with Crippen molar-refractivity contribution in [2.24, 2.45) is 0 Å². The lowest BCUT2D eigenvalue weighted by molar-refractivity contribution is -0.147. The van der Waals surface area contributed by atoms with Crippen LogP contribution in [-0.2, 0) is 14.3 Å². The zero-order chi connectivity index (χ0) is 19.9. The molecule has 0 spiro atoms. The lowest BCUT2D eigenvalue weighted by Gasteiger charge is -2.09. The number of rotatable bonds is 7. The molecule has 1 aromatic carbocycles. The van der Waals surface area contributed by atoms with Crippen molar-refractivity contribution in [3.05, 3.63) is 35.6 Å². The van der Waals surface area contributed by atoms with Crippen LogP contribution in [0.2, 0.25) is 0 Å². The Labute approximate surface area is 160 Å². The van der Waals surface area contributed by atoms with E-state index in [0.29, 0.717) is 36.0 Å². The molecule has 0 unspecified atom stereocenters. The third-order valence-corrected chi connectivity index (χ3v) is 3.89. The summed E-state index contributed by atoms with van der Waals surface area (Å²) in [5, 5.41) is 6.03. The van der Waals surface area contributed by atoms with E-state index in [4.69, 9.17) is 18.7 Å². The van der Waals surface area contributed by atoms with Crippen molar-refractivity contribution in [1.82, 2.24) is 5.16 Å². The van der Waals surface area contributed by atoms with Crippen LogP contribution in [0.3, 0.4) is 0 Å². The van der Waals surface area contributed by atoms with Gasteiger partial charge in [-0.25, -0.2) is 0 Å². The van der Waals surface area contributed by atoms with E-state index in [-0.39, 0.29) is 24.4 Å². The molecule has 9 nitrogen and oxygen atoms in total. The maximum Gasteiger partial charge on any atom is 0.306 e. The number of carbonyl (C=O) groups excluding carboxylic acids is 3. The molecular formula is C19H20N2O7. The van der Waals surface area contributed by atoms with Gasteiger partial charge in [0.1, 0.15) is 5.76 Å². The standard InChI is InChI=1S/C19H20N2O7/c1-12-9-17(21-28-12)20-18(23)11-27-19(24)6-4-14(22)13-3-5-15-16(10-13)26-8-2-7-25-15/h3,5,9-10H,2,4,6-8,11H2,1H3,(H,20,21,23). The number of carbonyl (C=O) groups is 3. The SMILES string of the molecule is Cc1cc(NC(=O)COC(=O)CCC(=O)c2ccc3c(c2)OCCCO3)no1. The van der Waals surface area contributed by atoms with Crippen LogP contribution in [0.15, 0.2) is 28.8 Å². The zero-order valence-corrected chi connectivity index (χ0v) is 15.4. The minimum Gasteiger partial charge on any atom is -0.490 e. The molecule has 9 heteroatoms. The number of anilines is 1. The Morgan fingerprint density at radius 3 is 2.64 bits per heavy atom. The van der Waals surface area contributed by atoms with E-state index in [1.54, 1.807) is 25.1 Å². The number of amides is 1. The number of aromatic nitrogens is 1. The van der Waals surface area contributed by atoms with E-state index in [9.17, 15) is 14.4 Å². The van der Waals surface area contributed by atoms with E-state index in [0.717, 1.165) is 6.42 Å². The minimum absolute atomic E-state index is 0.0391. The van der Waals surface area contributed by atoms with Gasteiger partial charge in [0.15, 0.2) is 29.7 Å². The Hall–Kier alpha value is -3.36. The number of ether oxygens (including phenoxy) is 3. The summed E-state index contributed by atoms with van der Waals surface area (Å²) in [6, 6.07) is 6.46. The first-order valence-corrected chi connectivity index (χ1v) is 8.83. The summed E-state index contributed by atoms with van der Waals surface area (Å²) in [6.45, 7) is 2.30. The van der Waals surface area contributed by atoms with Crippen LogP contribution in [-0.4, -0.2) is 42.6 Å². The van der Waals surface area contributed by atoms with Gasteiger partial charge in [0, 0.05) is 24.5 Å². The van der Waals surface area contributed by atoms with Gasteiger partial charge >= 0.3 is 5.97 Å². The highest BCUT2D eigenvalue weighted by Crippen LogP contribution is 2.30. The fourth-order valence-corrected chi connectivity index (χ4v) is 2.52. The predicted molar refractivity (Wildman–Crippen MR) is 96.4 cm³/mol. The van der Waals surface area contributed by atoms with Crippen LogP contribution >= 0.6 is 0 Å². The molecule has 0 radical (unpaired) electrons. The molecule has 148 valence electrons. The third kappa shape index (κ3) is 5.32. The Morgan fingerprint density at radius 1 is 1.11 bits per heavy atom. The number of nitrogens with one attached hydrogen (secondary N) is 1. The smallest absolute Gasteiger partial charge is 0.306 e. The first kappa shape index (κ1) is 19.4. The number of nitrogens with zero attached hydrogens (tertiary/aromatic N) is 1. The van der Waals surface area contributed by atoms with E-state index in [1.165, 1.54) is 6.07 Å². The summed E-state index contributed by atoms with van der Waals surface area (Å²) < 4.78 is 20.8. The molecule has 0 saturated heterocycles. The van der Waals surface area contributed by atoms with Crippen molar-refractivity contribution in [2.75, 3.05) is 25.1 Å². The highest BCUT2D eigenvalue weighted by atomic mass is 16.5. The average Bonchev–Trinajstić information content (AvgIpc) is 2.95. The van der Waals surface area contributed by atoms with Crippen molar-refractivity contribution in [1.29, 1.82) is 0 Å². The predicted octanol–water partition coefficient (Wildman–Crippen LogP) is 2.29. The molecule has 1 aromatic heterocycles. The molecule has 1 amide bonds. The molecule has 0 saturated carbocycles. The largest absolute Gasteiger partial charge is 0.490 e. The molecule has 2 aromatic rings. The van der Waals surface area contributed by atoms with E-state index >= 15 is 0 Å². The van der Waals surface area contributed by atoms with Gasteiger partial charge < -0.3 is 24.1 Å². The average molecular weight is 388 g/mol. The fraction of sp³-hybridized carbons (Fsp3) is 0.368. The summed E-state index contributed by atoms with van der Waals surface area (Å²) in [6.07, 6.45) is 0.597. The molecule has 0 fully saturated rings. The number of aryl methyl sites for hydroxylation is 1. The van der Waals surface area contributed by atoms with Crippen LogP contribution in [0.25, 0.3) is 0 Å². The van der Waals surface area contributed by atoms with Crippen molar-refractivity contribution in [3.63, 3.8) is 0 Å². The van der Waals surface area contributed by atoms with Crippen LogP contribution in [0, 0.1) is 6.92 Å². The number of esters is 1. The van der Waals surface area contributed by atoms with Crippen molar-refractivity contribution >= 4 is 23.5 Å². The third-order valence-electron chi connectivity index (χ3n) is 3.89. The molecule has 1 N–H and O–H groups in total. The van der Waals surface area contributed by atoms with Crippen LogP contribution in [0.4, 0.5) is 5.82 Å². The highest BCUT2D eigenvalue weighted by Gasteiger charge is 2.16. The number of fused-ring (bicyclic) bond motifs is 1. The Bertz CT molecular complexity index is 875.